The van der Waals surface area contributed by atoms with Crippen molar-refractivity contribution in [1.29, 1.82) is 0 Å². The highest BCUT2D eigenvalue weighted by Crippen LogP contribution is 2.38. The maximum absolute atomic E-state index is 12.8. The number of amides is 1. The van der Waals surface area contributed by atoms with E-state index < -0.39 is 0 Å². The molecule has 2 saturated heterocycles. The van der Waals surface area contributed by atoms with Crippen LogP contribution in [0.1, 0.15) is 24.4 Å². The van der Waals surface area contributed by atoms with Gasteiger partial charge in [-0.05, 0) is 31.0 Å². The van der Waals surface area contributed by atoms with E-state index in [1.54, 1.807) is 7.11 Å². The summed E-state index contributed by atoms with van der Waals surface area (Å²) in [6, 6.07) is 6.01. The van der Waals surface area contributed by atoms with Crippen molar-refractivity contribution in [3.05, 3.63) is 28.2 Å². The third-order valence-electron chi connectivity index (χ3n) is 4.29. The number of morpholine rings is 1. The summed E-state index contributed by atoms with van der Waals surface area (Å²) >= 11 is 3.51. The summed E-state index contributed by atoms with van der Waals surface area (Å²) in [7, 11) is 1.67. The lowest BCUT2D eigenvalue weighted by Crippen LogP contribution is -2.49. The number of methoxy groups -OCH3 is 1. The van der Waals surface area contributed by atoms with Gasteiger partial charge in [-0.3, -0.25) is 4.79 Å². The Morgan fingerprint density at radius 2 is 2.36 bits per heavy atom. The molecule has 0 bridgehead atoms. The summed E-state index contributed by atoms with van der Waals surface area (Å²) in [5.41, 5.74) is 1.06. The molecule has 1 amide bonds. The second-order valence-corrected chi connectivity index (χ2v) is 6.56. The molecule has 1 N–H and O–H groups in total. The van der Waals surface area contributed by atoms with Crippen LogP contribution in [0.5, 0.6) is 5.75 Å². The van der Waals surface area contributed by atoms with Gasteiger partial charge in [0.05, 0.1) is 19.8 Å². The second kappa shape index (κ2) is 6.98. The monoisotopic (exact) mass is 368 g/mol. The van der Waals surface area contributed by atoms with Crippen LogP contribution in [0.3, 0.4) is 0 Å². The van der Waals surface area contributed by atoms with Crippen LogP contribution >= 0.6 is 15.9 Å². The van der Waals surface area contributed by atoms with Crippen LogP contribution < -0.4 is 10.1 Å². The van der Waals surface area contributed by atoms with Gasteiger partial charge >= 0.3 is 0 Å². The number of likely N-dealkylation sites (tertiary alicyclic amines) is 1. The molecule has 22 heavy (non-hydrogen) atoms. The van der Waals surface area contributed by atoms with Crippen molar-refractivity contribution >= 4 is 21.8 Å². The molecule has 0 radical (unpaired) electrons. The number of carbonyl (C=O) groups excluding carboxylic acids is 1. The molecular formula is C16H21BrN2O3. The standard InChI is InChI=1S/C16H21BrN2O3/c1-21-14-5-4-11(17)9-12(14)13-3-2-7-19(13)16(20)15-10-18-6-8-22-15/h4-5,9,13,15,18H,2-3,6-8,10H2,1H3/t13-,15+/m0/s1. The second-order valence-electron chi connectivity index (χ2n) is 5.64. The highest BCUT2D eigenvalue weighted by atomic mass is 79.9. The van der Waals surface area contributed by atoms with Crippen LogP contribution in [-0.2, 0) is 9.53 Å². The summed E-state index contributed by atoms with van der Waals surface area (Å²) < 4.78 is 12.1. The molecule has 0 aliphatic carbocycles. The van der Waals surface area contributed by atoms with E-state index in [4.69, 9.17) is 9.47 Å². The molecule has 2 fully saturated rings. The summed E-state index contributed by atoms with van der Waals surface area (Å²) in [4.78, 5) is 14.7. The molecule has 0 saturated carbocycles. The first-order chi connectivity index (χ1) is 10.7. The first-order valence-electron chi connectivity index (χ1n) is 7.67. The minimum Gasteiger partial charge on any atom is -0.496 e. The van der Waals surface area contributed by atoms with Crippen LogP contribution in [0.15, 0.2) is 22.7 Å². The first-order valence-corrected chi connectivity index (χ1v) is 8.46. The molecule has 2 heterocycles. The van der Waals surface area contributed by atoms with Crippen molar-refractivity contribution in [1.82, 2.24) is 10.2 Å². The molecule has 0 aromatic heterocycles. The third-order valence-corrected chi connectivity index (χ3v) is 4.78. The fourth-order valence-corrected chi connectivity index (χ4v) is 3.61. The highest BCUT2D eigenvalue weighted by Gasteiger charge is 2.36. The molecular weight excluding hydrogens is 348 g/mol. The Morgan fingerprint density at radius 3 is 3.09 bits per heavy atom. The van der Waals surface area contributed by atoms with E-state index in [2.05, 4.69) is 27.3 Å². The maximum Gasteiger partial charge on any atom is 0.253 e. The molecule has 3 rings (SSSR count). The summed E-state index contributed by atoms with van der Waals surface area (Å²) in [5.74, 6) is 0.910. The van der Waals surface area contributed by atoms with Crippen molar-refractivity contribution in [3.63, 3.8) is 0 Å². The summed E-state index contributed by atoms with van der Waals surface area (Å²) in [5, 5.41) is 3.22. The molecule has 1 aromatic carbocycles. The predicted molar refractivity (Wildman–Crippen MR) is 87.0 cm³/mol. The summed E-state index contributed by atoms with van der Waals surface area (Å²) in [6.07, 6.45) is 1.60. The molecule has 2 atom stereocenters. The zero-order chi connectivity index (χ0) is 15.5. The fraction of sp³-hybridized carbons (Fsp3) is 0.562. The van der Waals surface area contributed by atoms with Gasteiger partial charge in [-0.25, -0.2) is 0 Å². The molecule has 2 aliphatic heterocycles. The summed E-state index contributed by atoms with van der Waals surface area (Å²) in [6.45, 7) is 2.78. The number of benzene rings is 1. The normalized spacial score (nSPS) is 25.3. The number of ether oxygens (including phenoxy) is 2. The van der Waals surface area contributed by atoms with Crippen LogP contribution in [0.2, 0.25) is 0 Å². The highest BCUT2D eigenvalue weighted by molar-refractivity contribution is 9.10. The fourth-order valence-electron chi connectivity index (χ4n) is 3.23. The number of nitrogens with zero attached hydrogens (tertiary/aromatic N) is 1. The predicted octanol–water partition coefficient (Wildman–Crippen LogP) is 2.11. The quantitative estimate of drug-likeness (QED) is 0.887. The van der Waals surface area contributed by atoms with Crippen molar-refractivity contribution in [3.8, 4) is 5.75 Å². The van der Waals surface area contributed by atoms with Crippen molar-refractivity contribution in [2.45, 2.75) is 25.0 Å². The Labute approximate surface area is 139 Å². The van der Waals surface area contributed by atoms with Gasteiger partial charge in [-0.2, -0.15) is 0 Å². The van der Waals surface area contributed by atoms with E-state index in [-0.39, 0.29) is 18.1 Å². The number of rotatable bonds is 3. The van der Waals surface area contributed by atoms with Gasteiger partial charge in [0, 0.05) is 29.7 Å². The maximum atomic E-state index is 12.8. The average Bonchev–Trinajstić information content (AvgIpc) is 3.04. The van der Waals surface area contributed by atoms with Crippen LogP contribution in [0.4, 0.5) is 0 Å². The van der Waals surface area contributed by atoms with Crippen molar-refractivity contribution in [2.75, 3.05) is 33.4 Å². The Balaban J connectivity index is 1.83. The van der Waals surface area contributed by atoms with E-state index in [9.17, 15) is 4.79 Å². The van der Waals surface area contributed by atoms with E-state index >= 15 is 0 Å². The molecule has 120 valence electrons. The van der Waals surface area contributed by atoms with E-state index in [0.29, 0.717) is 13.2 Å². The number of hydrogen-bond acceptors (Lipinski definition) is 4. The number of halogens is 1. The first kappa shape index (κ1) is 15.8. The van der Waals surface area contributed by atoms with Gasteiger partial charge in [0.1, 0.15) is 11.9 Å². The van der Waals surface area contributed by atoms with Crippen LogP contribution in [-0.4, -0.2) is 50.3 Å². The number of carbonyl (C=O) groups is 1. The molecule has 0 unspecified atom stereocenters. The molecule has 2 aliphatic rings. The zero-order valence-corrected chi connectivity index (χ0v) is 14.3. The third kappa shape index (κ3) is 3.14. The van der Waals surface area contributed by atoms with Gasteiger partial charge in [0.25, 0.3) is 5.91 Å². The average molecular weight is 369 g/mol. The Bertz CT molecular complexity index is 546. The SMILES string of the molecule is COc1ccc(Br)cc1[C@@H]1CCCN1C(=O)[C@H]1CNCCO1. The molecule has 5 nitrogen and oxygen atoms in total. The topological polar surface area (TPSA) is 50.8 Å². The van der Waals surface area contributed by atoms with Gasteiger partial charge in [-0.15, -0.1) is 0 Å². The molecule has 1 aromatic rings. The van der Waals surface area contributed by atoms with Gasteiger partial charge in [0.2, 0.25) is 0 Å². The molecule has 0 spiro atoms. The zero-order valence-electron chi connectivity index (χ0n) is 12.7. The number of hydrogen-bond donors (Lipinski definition) is 1. The van der Waals surface area contributed by atoms with E-state index in [1.807, 2.05) is 17.0 Å². The van der Waals surface area contributed by atoms with E-state index in [1.165, 1.54) is 0 Å². The number of nitrogens with one attached hydrogen (secondary N) is 1. The lowest BCUT2D eigenvalue weighted by Gasteiger charge is -2.31. The van der Waals surface area contributed by atoms with Gasteiger partial charge in [-0.1, -0.05) is 15.9 Å². The van der Waals surface area contributed by atoms with Crippen LogP contribution in [0.25, 0.3) is 0 Å². The van der Waals surface area contributed by atoms with Crippen LogP contribution in [0, 0.1) is 0 Å². The Kier molecular flexibility index (Phi) is 5.00. The Morgan fingerprint density at radius 1 is 1.50 bits per heavy atom. The van der Waals surface area contributed by atoms with Crippen molar-refractivity contribution in [2.24, 2.45) is 0 Å². The molecule has 6 heteroatoms. The van der Waals surface area contributed by atoms with Gasteiger partial charge < -0.3 is 19.7 Å². The van der Waals surface area contributed by atoms with Gasteiger partial charge in [0.15, 0.2) is 0 Å². The Hall–Kier alpha value is -1.11. The minimum absolute atomic E-state index is 0.0606. The van der Waals surface area contributed by atoms with E-state index in [0.717, 1.165) is 41.7 Å². The largest absolute Gasteiger partial charge is 0.496 e. The smallest absolute Gasteiger partial charge is 0.253 e. The van der Waals surface area contributed by atoms with Crippen molar-refractivity contribution < 1.29 is 14.3 Å². The minimum atomic E-state index is -0.368. The lowest BCUT2D eigenvalue weighted by molar-refractivity contribution is -0.146. The lowest BCUT2D eigenvalue weighted by atomic mass is 10.0.